The minimum absolute atomic E-state index is 0.300. The molecule has 2 rings (SSSR count). The summed E-state index contributed by atoms with van der Waals surface area (Å²) in [6.07, 6.45) is 2.04. The molecular weight excluding hydrogens is 210 g/mol. The summed E-state index contributed by atoms with van der Waals surface area (Å²) in [7, 11) is 0. The third-order valence-corrected chi connectivity index (χ3v) is 3.93. The van der Waals surface area contributed by atoms with Crippen LogP contribution in [-0.4, -0.2) is 23.8 Å². The third-order valence-electron chi connectivity index (χ3n) is 3.93. The molecule has 0 N–H and O–H groups in total. The minimum Gasteiger partial charge on any atom is -0.300 e. The van der Waals surface area contributed by atoms with Gasteiger partial charge in [-0.1, -0.05) is 30.3 Å². The molecule has 0 amide bonds. The Hall–Kier alpha value is -1.15. The molecule has 1 aromatic carbocycles. The van der Waals surface area contributed by atoms with Crippen molar-refractivity contribution in [1.82, 2.24) is 4.90 Å². The van der Waals surface area contributed by atoms with E-state index in [-0.39, 0.29) is 0 Å². The number of carbonyl (C=O) groups excluding carboxylic acids is 1. The normalized spacial score (nSPS) is 20.1. The number of nitrogens with zero attached hydrogens (tertiary/aromatic N) is 1. The van der Waals surface area contributed by atoms with E-state index in [9.17, 15) is 4.79 Å². The van der Waals surface area contributed by atoms with Crippen LogP contribution in [0.5, 0.6) is 0 Å². The van der Waals surface area contributed by atoms with Gasteiger partial charge in [-0.05, 0) is 45.3 Å². The zero-order valence-electron chi connectivity index (χ0n) is 10.7. The van der Waals surface area contributed by atoms with Crippen molar-refractivity contribution in [2.24, 2.45) is 5.92 Å². The van der Waals surface area contributed by atoms with Crippen molar-refractivity contribution >= 4 is 5.78 Å². The van der Waals surface area contributed by atoms with Gasteiger partial charge in [0, 0.05) is 12.0 Å². The summed E-state index contributed by atoms with van der Waals surface area (Å²) in [6, 6.07) is 11.1. The fraction of sp³-hybridized carbons (Fsp3) is 0.533. The molecule has 1 heterocycles. The molecule has 1 saturated heterocycles. The summed E-state index contributed by atoms with van der Waals surface area (Å²) in [4.78, 5) is 13.8. The lowest BCUT2D eigenvalue weighted by atomic mass is 9.92. The number of piperidine rings is 1. The van der Waals surface area contributed by atoms with Crippen LogP contribution in [0.1, 0.15) is 38.3 Å². The molecular formula is C15H21NO. The molecule has 1 aliphatic heterocycles. The Labute approximate surface area is 104 Å². The van der Waals surface area contributed by atoms with Gasteiger partial charge in [-0.2, -0.15) is 0 Å². The molecule has 17 heavy (non-hydrogen) atoms. The molecule has 0 aromatic heterocycles. The van der Waals surface area contributed by atoms with E-state index in [0.29, 0.717) is 17.7 Å². The monoisotopic (exact) mass is 231 g/mol. The van der Waals surface area contributed by atoms with E-state index >= 15 is 0 Å². The highest BCUT2D eigenvalue weighted by Gasteiger charge is 2.25. The first kappa shape index (κ1) is 12.3. The van der Waals surface area contributed by atoms with Crippen LogP contribution in [-0.2, 0) is 4.79 Å². The topological polar surface area (TPSA) is 20.3 Å². The number of ketones is 1. The second-order valence-electron chi connectivity index (χ2n) is 5.01. The Bertz CT molecular complexity index is 366. The largest absolute Gasteiger partial charge is 0.300 e. The zero-order chi connectivity index (χ0) is 12.3. The summed E-state index contributed by atoms with van der Waals surface area (Å²) in [5.41, 5.74) is 1.37. The molecule has 0 spiro atoms. The molecule has 1 aliphatic rings. The fourth-order valence-electron chi connectivity index (χ4n) is 2.64. The Morgan fingerprint density at radius 3 is 2.35 bits per heavy atom. The summed E-state index contributed by atoms with van der Waals surface area (Å²) in [6.45, 7) is 6.06. The molecule has 1 atom stereocenters. The molecule has 0 saturated carbocycles. The fourth-order valence-corrected chi connectivity index (χ4v) is 2.64. The maximum absolute atomic E-state index is 11.3. The second kappa shape index (κ2) is 5.46. The van der Waals surface area contributed by atoms with Crippen LogP contribution in [0.4, 0.5) is 0 Å². The number of hydrogen-bond acceptors (Lipinski definition) is 2. The number of hydrogen-bond donors (Lipinski definition) is 0. The third kappa shape index (κ3) is 2.95. The lowest BCUT2D eigenvalue weighted by Crippen LogP contribution is -2.37. The quantitative estimate of drug-likeness (QED) is 0.797. The maximum atomic E-state index is 11.3. The van der Waals surface area contributed by atoms with Gasteiger partial charge in [0.2, 0.25) is 0 Å². The van der Waals surface area contributed by atoms with Crippen LogP contribution in [0.3, 0.4) is 0 Å². The van der Waals surface area contributed by atoms with Gasteiger partial charge in [-0.25, -0.2) is 0 Å². The van der Waals surface area contributed by atoms with Crippen LogP contribution < -0.4 is 0 Å². The highest BCUT2D eigenvalue weighted by Crippen LogP contribution is 2.26. The van der Waals surface area contributed by atoms with E-state index in [4.69, 9.17) is 0 Å². The predicted molar refractivity (Wildman–Crippen MR) is 69.8 cm³/mol. The van der Waals surface area contributed by atoms with Crippen molar-refractivity contribution in [2.75, 3.05) is 13.1 Å². The first-order chi connectivity index (χ1) is 8.18. The van der Waals surface area contributed by atoms with Crippen LogP contribution in [0, 0.1) is 5.92 Å². The van der Waals surface area contributed by atoms with Crippen molar-refractivity contribution in [3.05, 3.63) is 35.9 Å². The molecule has 1 aromatic rings. The minimum atomic E-state index is 0.300. The predicted octanol–water partition coefficient (Wildman–Crippen LogP) is 3.05. The molecule has 0 radical (unpaired) electrons. The molecule has 2 heteroatoms. The van der Waals surface area contributed by atoms with Gasteiger partial charge in [-0.15, -0.1) is 0 Å². The molecule has 1 fully saturated rings. The van der Waals surface area contributed by atoms with E-state index in [0.717, 1.165) is 25.9 Å². The average molecular weight is 231 g/mol. The lowest BCUT2D eigenvalue weighted by molar-refractivity contribution is -0.122. The van der Waals surface area contributed by atoms with E-state index in [1.807, 2.05) is 0 Å². The number of rotatable bonds is 3. The van der Waals surface area contributed by atoms with Crippen molar-refractivity contribution in [2.45, 2.75) is 32.7 Å². The van der Waals surface area contributed by atoms with Gasteiger partial charge in [0.1, 0.15) is 5.78 Å². The Kier molecular flexibility index (Phi) is 3.95. The van der Waals surface area contributed by atoms with Gasteiger partial charge >= 0.3 is 0 Å². The van der Waals surface area contributed by atoms with Gasteiger partial charge in [0.15, 0.2) is 0 Å². The molecule has 2 nitrogen and oxygen atoms in total. The number of carbonyl (C=O) groups is 1. The second-order valence-corrected chi connectivity index (χ2v) is 5.01. The molecule has 92 valence electrons. The Morgan fingerprint density at radius 2 is 1.82 bits per heavy atom. The summed E-state index contributed by atoms with van der Waals surface area (Å²) in [5, 5.41) is 0. The van der Waals surface area contributed by atoms with Crippen molar-refractivity contribution in [3.8, 4) is 0 Å². The van der Waals surface area contributed by atoms with Crippen LogP contribution in [0.15, 0.2) is 30.3 Å². The number of likely N-dealkylation sites (tertiary alicyclic amines) is 1. The van der Waals surface area contributed by atoms with E-state index < -0.39 is 0 Å². The van der Waals surface area contributed by atoms with Gasteiger partial charge < -0.3 is 0 Å². The van der Waals surface area contributed by atoms with E-state index in [1.54, 1.807) is 6.92 Å². The zero-order valence-corrected chi connectivity index (χ0v) is 10.7. The summed E-state index contributed by atoms with van der Waals surface area (Å²) < 4.78 is 0. The standard InChI is InChI=1S/C15H21NO/c1-12(14-6-4-3-5-7-14)16-10-8-15(9-11-16)13(2)17/h3-7,12,15H,8-11H2,1-2H3. The smallest absolute Gasteiger partial charge is 0.133 e. The first-order valence-electron chi connectivity index (χ1n) is 6.48. The summed E-state index contributed by atoms with van der Waals surface area (Å²) in [5.74, 6) is 0.659. The van der Waals surface area contributed by atoms with Crippen molar-refractivity contribution < 1.29 is 4.79 Å². The highest BCUT2D eigenvalue weighted by molar-refractivity contribution is 5.78. The molecule has 0 bridgehead atoms. The summed E-state index contributed by atoms with van der Waals surface area (Å²) >= 11 is 0. The number of Topliss-reactive ketones (excluding diaryl/α,β-unsaturated/α-hetero) is 1. The van der Waals surface area contributed by atoms with Crippen molar-refractivity contribution in [1.29, 1.82) is 0 Å². The van der Waals surface area contributed by atoms with Gasteiger partial charge in [0.25, 0.3) is 0 Å². The number of benzene rings is 1. The molecule has 0 aliphatic carbocycles. The molecule has 1 unspecified atom stereocenters. The Morgan fingerprint density at radius 1 is 1.24 bits per heavy atom. The van der Waals surface area contributed by atoms with E-state index in [2.05, 4.69) is 42.2 Å². The van der Waals surface area contributed by atoms with Gasteiger partial charge in [-0.3, -0.25) is 9.69 Å². The SMILES string of the molecule is CC(=O)C1CCN(C(C)c2ccccc2)CC1. The average Bonchev–Trinajstić information content (AvgIpc) is 2.39. The van der Waals surface area contributed by atoms with Crippen LogP contribution in [0.25, 0.3) is 0 Å². The first-order valence-corrected chi connectivity index (χ1v) is 6.48. The van der Waals surface area contributed by atoms with E-state index in [1.165, 1.54) is 5.56 Å². The van der Waals surface area contributed by atoms with Crippen LogP contribution in [0.2, 0.25) is 0 Å². The van der Waals surface area contributed by atoms with Crippen LogP contribution >= 0.6 is 0 Å². The maximum Gasteiger partial charge on any atom is 0.133 e. The Balaban J connectivity index is 1.95. The highest BCUT2D eigenvalue weighted by atomic mass is 16.1. The van der Waals surface area contributed by atoms with Crippen molar-refractivity contribution in [3.63, 3.8) is 0 Å². The lowest BCUT2D eigenvalue weighted by Gasteiger charge is -2.35. The van der Waals surface area contributed by atoms with Gasteiger partial charge in [0.05, 0.1) is 0 Å².